The monoisotopic (exact) mass is 447 g/mol. The van der Waals surface area contributed by atoms with E-state index < -0.39 is 0 Å². The molecule has 4 aliphatic carbocycles. The van der Waals surface area contributed by atoms with Gasteiger partial charge in [0.05, 0.1) is 25.9 Å². The Morgan fingerprint density at radius 2 is 1.81 bits per heavy atom. The Bertz CT molecular complexity index is 693. The predicted molar refractivity (Wildman–Crippen MR) is 124 cm³/mol. The molecule has 1 N–H and O–H groups in total. The Balaban J connectivity index is 1.31. The molecule has 1 aliphatic heterocycles. The highest BCUT2D eigenvalue weighted by molar-refractivity contribution is 5.65. The van der Waals surface area contributed by atoms with E-state index >= 15 is 0 Å². The molecule has 1 heterocycles. The van der Waals surface area contributed by atoms with E-state index in [9.17, 15) is 9.90 Å². The zero-order valence-electron chi connectivity index (χ0n) is 20.6. The fourth-order valence-corrected chi connectivity index (χ4v) is 9.48. The second-order valence-electron chi connectivity index (χ2n) is 12.3. The summed E-state index contributed by atoms with van der Waals surface area (Å²) < 4.78 is 10.9. The van der Waals surface area contributed by atoms with Crippen molar-refractivity contribution in [1.82, 2.24) is 4.90 Å². The van der Waals surface area contributed by atoms with Crippen LogP contribution in [-0.4, -0.2) is 61.0 Å². The Morgan fingerprint density at radius 1 is 1.06 bits per heavy atom. The molecule has 182 valence electrons. The number of hydrogen-bond acceptors (Lipinski definition) is 5. The van der Waals surface area contributed by atoms with Crippen molar-refractivity contribution in [3.8, 4) is 0 Å². The third kappa shape index (κ3) is 3.84. The lowest BCUT2D eigenvalue weighted by molar-refractivity contribution is -0.155. The van der Waals surface area contributed by atoms with Gasteiger partial charge in [-0.15, -0.1) is 0 Å². The molecule has 0 aromatic carbocycles. The lowest BCUT2D eigenvalue weighted by Crippen LogP contribution is -2.60. The van der Waals surface area contributed by atoms with Crippen LogP contribution in [0.3, 0.4) is 0 Å². The molecule has 5 heteroatoms. The zero-order valence-corrected chi connectivity index (χ0v) is 20.6. The standard InChI is InChI=1S/C27H45NO4/c1-18(29)32-13-9-19-5-7-22-21-6-4-20-16-25(30)24(28-11-14-31-15-12-28)17-27(20,3)23(21)8-10-26(19,22)2/h19-25,30H,4-17H2,1-3H3/t19-,20+,21+,22+,23+,24+,25+,26-,27+/m1/s1. The van der Waals surface area contributed by atoms with Gasteiger partial charge in [0.15, 0.2) is 0 Å². The lowest BCUT2D eigenvalue weighted by Gasteiger charge is -2.62. The van der Waals surface area contributed by atoms with Crippen molar-refractivity contribution >= 4 is 5.97 Å². The molecule has 0 radical (unpaired) electrons. The minimum atomic E-state index is -0.172. The quantitative estimate of drug-likeness (QED) is 0.652. The largest absolute Gasteiger partial charge is 0.466 e. The van der Waals surface area contributed by atoms with E-state index in [1.54, 1.807) is 0 Å². The lowest BCUT2D eigenvalue weighted by atomic mass is 9.44. The molecule has 0 spiro atoms. The highest BCUT2D eigenvalue weighted by Gasteiger charge is 2.61. The van der Waals surface area contributed by atoms with E-state index in [2.05, 4.69) is 18.7 Å². The maximum atomic E-state index is 11.3. The first-order valence-electron chi connectivity index (χ1n) is 13.5. The van der Waals surface area contributed by atoms with Crippen molar-refractivity contribution in [2.45, 2.75) is 90.7 Å². The summed E-state index contributed by atoms with van der Waals surface area (Å²) in [6.07, 6.45) is 11.0. The van der Waals surface area contributed by atoms with Crippen LogP contribution in [0.25, 0.3) is 0 Å². The number of rotatable bonds is 4. The van der Waals surface area contributed by atoms with Gasteiger partial charge < -0.3 is 14.6 Å². The summed E-state index contributed by atoms with van der Waals surface area (Å²) in [4.78, 5) is 13.8. The number of carbonyl (C=O) groups is 1. The van der Waals surface area contributed by atoms with Crippen LogP contribution >= 0.6 is 0 Å². The fourth-order valence-electron chi connectivity index (χ4n) is 9.48. The molecular formula is C27H45NO4. The third-order valence-corrected chi connectivity index (χ3v) is 11.2. The number of carbonyl (C=O) groups excluding carboxylic acids is 1. The average Bonchev–Trinajstić information content (AvgIpc) is 3.10. The van der Waals surface area contributed by atoms with Crippen molar-refractivity contribution in [1.29, 1.82) is 0 Å². The van der Waals surface area contributed by atoms with E-state index in [1.807, 2.05) is 0 Å². The Hall–Kier alpha value is -0.650. The molecule has 1 saturated heterocycles. The third-order valence-electron chi connectivity index (χ3n) is 11.2. The minimum Gasteiger partial charge on any atom is -0.466 e. The maximum absolute atomic E-state index is 11.3. The fraction of sp³-hybridized carbons (Fsp3) is 0.963. The normalized spacial score (nSPS) is 49.1. The Kier molecular flexibility index (Phi) is 6.39. The molecule has 5 fully saturated rings. The van der Waals surface area contributed by atoms with E-state index in [0.717, 1.165) is 56.9 Å². The number of fused-ring (bicyclic) bond motifs is 5. The van der Waals surface area contributed by atoms with Gasteiger partial charge in [0, 0.05) is 26.1 Å². The van der Waals surface area contributed by atoms with Crippen LogP contribution in [0.4, 0.5) is 0 Å². The highest BCUT2D eigenvalue weighted by atomic mass is 16.5. The van der Waals surface area contributed by atoms with E-state index in [1.165, 1.54) is 51.9 Å². The Morgan fingerprint density at radius 3 is 2.56 bits per heavy atom. The van der Waals surface area contributed by atoms with E-state index in [-0.39, 0.29) is 12.1 Å². The summed E-state index contributed by atoms with van der Waals surface area (Å²) in [5, 5.41) is 11.1. The van der Waals surface area contributed by atoms with Crippen LogP contribution in [-0.2, 0) is 14.3 Å². The zero-order chi connectivity index (χ0) is 22.5. The van der Waals surface area contributed by atoms with E-state index in [4.69, 9.17) is 9.47 Å². The molecule has 5 nitrogen and oxygen atoms in total. The molecule has 0 aromatic rings. The van der Waals surface area contributed by atoms with Gasteiger partial charge in [0.25, 0.3) is 0 Å². The van der Waals surface area contributed by atoms with Crippen molar-refractivity contribution in [3.05, 3.63) is 0 Å². The van der Waals surface area contributed by atoms with Crippen molar-refractivity contribution in [2.75, 3.05) is 32.9 Å². The molecule has 0 bridgehead atoms. The molecule has 0 aromatic heterocycles. The summed E-state index contributed by atoms with van der Waals surface area (Å²) in [7, 11) is 0. The molecule has 32 heavy (non-hydrogen) atoms. The number of aliphatic hydroxyl groups excluding tert-OH is 1. The first-order valence-corrected chi connectivity index (χ1v) is 13.5. The Labute approximate surface area is 194 Å². The van der Waals surface area contributed by atoms with Crippen molar-refractivity contribution in [2.24, 2.45) is 40.4 Å². The maximum Gasteiger partial charge on any atom is 0.302 e. The summed E-state index contributed by atoms with van der Waals surface area (Å²) in [5.41, 5.74) is 0.782. The second kappa shape index (κ2) is 8.85. The van der Waals surface area contributed by atoms with Crippen LogP contribution in [0.15, 0.2) is 0 Å². The van der Waals surface area contributed by atoms with Crippen LogP contribution in [0.5, 0.6) is 0 Å². The van der Waals surface area contributed by atoms with Crippen LogP contribution in [0.2, 0.25) is 0 Å². The summed E-state index contributed by atoms with van der Waals surface area (Å²) in [6.45, 7) is 10.8. The van der Waals surface area contributed by atoms with E-state index in [0.29, 0.717) is 35.3 Å². The predicted octanol–water partition coefficient (Wildman–Crippen LogP) is 4.27. The van der Waals surface area contributed by atoms with Crippen molar-refractivity contribution in [3.63, 3.8) is 0 Å². The van der Waals surface area contributed by atoms with Gasteiger partial charge >= 0.3 is 5.97 Å². The number of nitrogens with zero attached hydrogens (tertiary/aromatic N) is 1. The van der Waals surface area contributed by atoms with Crippen molar-refractivity contribution < 1.29 is 19.4 Å². The van der Waals surface area contributed by atoms with Gasteiger partial charge in [-0.1, -0.05) is 13.8 Å². The molecule has 4 saturated carbocycles. The van der Waals surface area contributed by atoms with Gasteiger partial charge in [-0.05, 0) is 98.2 Å². The molecule has 9 atom stereocenters. The molecule has 5 rings (SSSR count). The topological polar surface area (TPSA) is 59.0 Å². The first kappa shape index (κ1) is 23.1. The van der Waals surface area contributed by atoms with Gasteiger partial charge in [-0.2, -0.15) is 0 Å². The average molecular weight is 448 g/mol. The van der Waals surface area contributed by atoms with Crippen LogP contribution in [0.1, 0.15) is 78.6 Å². The molecule has 5 aliphatic rings. The first-order chi connectivity index (χ1) is 15.3. The van der Waals surface area contributed by atoms with Gasteiger partial charge in [-0.3, -0.25) is 9.69 Å². The molecular weight excluding hydrogens is 402 g/mol. The summed E-state index contributed by atoms with van der Waals surface area (Å²) in [5.74, 6) is 3.72. The number of ether oxygens (including phenoxy) is 2. The van der Waals surface area contributed by atoms with Crippen LogP contribution in [0, 0.1) is 40.4 Å². The SMILES string of the molecule is CC(=O)OCC[C@H]1CC[C@H]2[C@@H]3CC[C@H]4C[C@H](O)[C@@H](N5CCOCC5)C[C@]4(C)[C@H]3CC[C@]12C. The number of esters is 1. The summed E-state index contributed by atoms with van der Waals surface area (Å²) in [6, 6.07) is 0.312. The van der Waals surface area contributed by atoms with Crippen LogP contribution < -0.4 is 0 Å². The van der Waals surface area contributed by atoms with Gasteiger partial charge in [-0.25, -0.2) is 0 Å². The smallest absolute Gasteiger partial charge is 0.302 e. The number of aliphatic hydroxyl groups is 1. The number of morpholine rings is 1. The number of hydrogen-bond donors (Lipinski definition) is 1. The summed E-state index contributed by atoms with van der Waals surface area (Å²) >= 11 is 0. The second-order valence-corrected chi connectivity index (χ2v) is 12.3. The van der Waals surface area contributed by atoms with Gasteiger partial charge in [0.2, 0.25) is 0 Å². The molecule has 0 unspecified atom stereocenters. The highest BCUT2D eigenvalue weighted by Crippen LogP contribution is 2.68. The van der Waals surface area contributed by atoms with Gasteiger partial charge in [0.1, 0.15) is 0 Å². The minimum absolute atomic E-state index is 0.144. The molecule has 0 amide bonds.